The minimum absolute atomic E-state index is 0.0626. The lowest BCUT2D eigenvalue weighted by Gasteiger charge is -2.27. The van der Waals surface area contributed by atoms with E-state index < -0.39 is 0 Å². The second-order valence-electron chi connectivity index (χ2n) is 6.32. The molecule has 28 heavy (non-hydrogen) atoms. The molecule has 1 amide bonds. The SMILES string of the molecule is COc1cc(OC)c(C2SCC(=O)N2Cc2ccc3c(c2)OCO3)c(OC)c1. The van der Waals surface area contributed by atoms with E-state index in [1.807, 2.05) is 23.1 Å². The lowest BCUT2D eigenvalue weighted by atomic mass is 10.1. The molecule has 148 valence electrons. The lowest BCUT2D eigenvalue weighted by Crippen LogP contribution is -2.28. The third kappa shape index (κ3) is 3.28. The smallest absolute Gasteiger partial charge is 0.234 e. The standard InChI is InChI=1S/C20H21NO6S/c1-23-13-7-16(24-2)19(17(8-13)25-3)20-21(18(22)10-28-20)9-12-4-5-14-15(6-12)27-11-26-14/h4-8,20H,9-11H2,1-3H3. The molecule has 2 aliphatic rings. The highest BCUT2D eigenvalue weighted by Gasteiger charge is 2.37. The van der Waals surface area contributed by atoms with Gasteiger partial charge in [0.2, 0.25) is 12.7 Å². The molecule has 1 fully saturated rings. The van der Waals surface area contributed by atoms with Gasteiger partial charge in [-0.1, -0.05) is 6.07 Å². The summed E-state index contributed by atoms with van der Waals surface area (Å²) in [7, 11) is 4.79. The first-order valence-corrected chi connectivity index (χ1v) is 9.79. The highest BCUT2D eigenvalue weighted by atomic mass is 32.2. The van der Waals surface area contributed by atoms with E-state index in [0.717, 1.165) is 16.9 Å². The van der Waals surface area contributed by atoms with E-state index >= 15 is 0 Å². The molecule has 0 saturated carbocycles. The number of thioether (sulfide) groups is 1. The fourth-order valence-corrected chi connectivity index (χ4v) is 4.61. The summed E-state index contributed by atoms with van der Waals surface area (Å²) < 4.78 is 27.3. The Balaban J connectivity index is 1.68. The van der Waals surface area contributed by atoms with Crippen LogP contribution in [0.5, 0.6) is 28.7 Å². The third-order valence-electron chi connectivity index (χ3n) is 4.76. The molecule has 0 aromatic heterocycles. The predicted octanol–water partition coefficient (Wildman–Crippen LogP) is 3.22. The maximum atomic E-state index is 12.7. The molecule has 7 nitrogen and oxygen atoms in total. The average Bonchev–Trinajstić information content (AvgIpc) is 3.33. The first kappa shape index (κ1) is 18.6. The highest BCUT2D eigenvalue weighted by molar-refractivity contribution is 8.00. The van der Waals surface area contributed by atoms with Crippen LogP contribution in [0, 0.1) is 0 Å². The number of nitrogens with zero attached hydrogens (tertiary/aromatic N) is 1. The Morgan fingerprint density at radius 3 is 2.43 bits per heavy atom. The zero-order chi connectivity index (χ0) is 19.7. The van der Waals surface area contributed by atoms with Crippen LogP contribution in [0.3, 0.4) is 0 Å². The number of carbonyl (C=O) groups is 1. The van der Waals surface area contributed by atoms with Gasteiger partial charge in [0.15, 0.2) is 11.5 Å². The molecule has 8 heteroatoms. The normalized spacial score (nSPS) is 17.8. The van der Waals surface area contributed by atoms with E-state index in [0.29, 0.717) is 35.3 Å². The van der Waals surface area contributed by atoms with Crippen LogP contribution in [0.4, 0.5) is 0 Å². The third-order valence-corrected chi connectivity index (χ3v) is 5.98. The number of amides is 1. The van der Waals surface area contributed by atoms with Crippen LogP contribution >= 0.6 is 11.8 Å². The van der Waals surface area contributed by atoms with Gasteiger partial charge in [0.05, 0.1) is 32.6 Å². The topological polar surface area (TPSA) is 66.5 Å². The van der Waals surface area contributed by atoms with E-state index in [4.69, 9.17) is 23.7 Å². The molecular weight excluding hydrogens is 382 g/mol. The number of ether oxygens (including phenoxy) is 5. The van der Waals surface area contributed by atoms with Gasteiger partial charge in [-0.05, 0) is 17.7 Å². The van der Waals surface area contributed by atoms with E-state index in [9.17, 15) is 4.79 Å². The van der Waals surface area contributed by atoms with E-state index in [2.05, 4.69) is 0 Å². The molecule has 1 saturated heterocycles. The van der Waals surface area contributed by atoms with Crippen LogP contribution in [0.15, 0.2) is 30.3 Å². The van der Waals surface area contributed by atoms with Crippen molar-refractivity contribution in [1.82, 2.24) is 4.90 Å². The van der Waals surface area contributed by atoms with Crippen LogP contribution in [-0.4, -0.2) is 44.7 Å². The minimum Gasteiger partial charge on any atom is -0.496 e. The van der Waals surface area contributed by atoms with Gasteiger partial charge in [0, 0.05) is 18.7 Å². The number of carbonyl (C=O) groups excluding carboxylic acids is 1. The first-order valence-electron chi connectivity index (χ1n) is 8.74. The maximum absolute atomic E-state index is 12.7. The Morgan fingerprint density at radius 2 is 1.75 bits per heavy atom. The summed E-state index contributed by atoms with van der Waals surface area (Å²) in [5.41, 5.74) is 1.79. The molecule has 0 radical (unpaired) electrons. The molecule has 1 atom stereocenters. The Labute approximate surface area is 167 Å². The van der Waals surface area contributed by atoms with Crippen LogP contribution < -0.4 is 23.7 Å². The van der Waals surface area contributed by atoms with Crippen molar-refractivity contribution < 1.29 is 28.5 Å². The number of hydrogen-bond acceptors (Lipinski definition) is 7. The Kier molecular flexibility index (Phi) is 5.13. The molecule has 0 aliphatic carbocycles. The summed E-state index contributed by atoms with van der Waals surface area (Å²) in [5.74, 6) is 3.77. The molecule has 2 heterocycles. The number of fused-ring (bicyclic) bond motifs is 1. The number of hydrogen-bond donors (Lipinski definition) is 0. The summed E-state index contributed by atoms with van der Waals surface area (Å²) in [6, 6.07) is 9.34. The molecule has 2 aliphatic heterocycles. The zero-order valence-corrected chi connectivity index (χ0v) is 16.7. The molecule has 0 spiro atoms. The first-order chi connectivity index (χ1) is 13.6. The quantitative estimate of drug-likeness (QED) is 0.734. The molecule has 0 N–H and O–H groups in total. The fraction of sp³-hybridized carbons (Fsp3) is 0.350. The van der Waals surface area contributed by atoms with Gasteiger partial charge in [0.1, 0.15) is 22.6 Å². The van der Waals surface area contributed by atoms with Crippen molar-refractivity contribution in [2.75, 3.05) is 33.9 Å². The molecular formula is C20H21NO6S. The van der Waals surface area contributed by atoms with Crippen molar-refractivity contribution in [3.05, 3.63) is 41.5 Å². The fourth-order valence-electron chi connectivity index (χ4n) is 3.38. The minimum atomic E-state index is -0.228. The van der Waals surface area contributed by atoms with Gasteiger partial charge in [-0.15, -0.1) is 11.8 Å². The van der Waals surface area contributed by atoms with Gasteiger partial charge < -0.3 is 28.6 Å². The summed E-state index contributed by atoms with van der Waals surface area (Å²) in [4.78, 5) is 14.5. The molecule has 2 aromatic rings. The monoisotopic (exact) mass is 403 g/mol. The van der Waals surface area contributed by atoms with E-state index in [1.165, 1.54) is 0 Å². The van der Waals surface area contributed by atoms with Gasteiger partial charge in [0.25, 0.3) is 0 Å². The zero-order valence-electron chi connectivity index (χ0n) is 15.9. The van der Waals surface area contributed by atoms with Crippen LogP contribution in [0.25, 0.3) is 0 Å². The van der Waals surface area contributed by atoms with Crippen LogP contribution in [-0.2, 0) is 11.3 Å². The molecule has 0 bridgehead atoms. The summed E-state index contributed by atoms with van der Waals surface area (Å²) in [5, 5.41) is -0.228. The van der Waals surface area contributed by atoms with Crippen molar-refractivity contribution in [3.63, 3.8) is 0 Å². The van der Waals surface area contributed by atoms with Gasteiger partial charge >= 0.3 is 0 Å². The van der Waals surface area contributed by atoms with Crippen LogP contribution in [0.1, 0.15) is 16.5 Å². The van der Waals surface area contributed by atoms with Crippen molar-refractivity contribution in [2.24, 2.45) is 0 Å². The van der Waals surface area contributed by atoms with Crippen molar-refractivity contribution in [1.29, 1.82) is 0 Å². The average molecular weight is 403 g/mol. The second-order valence-corrected chi connectivity index (χ2v) is 7.39. The number of methoxy groups -OCH3 is 3. The van der Waals surface area contributed by atoms with Crippen LogP contribution in [0.2, 0.25) is 0 Å². The van der Waals surface area contributed by atoms with E-state index in [1.54, 1.807) is 45.2 Å². The highest BCUT2D eigenvalue weighted by Crippen LogP contribution is 2.49. The Hall–Kier alpha value is -2.74. The largest absolute Gasteiger partial charge is 0.496 e. The summed E-state index contributed by atoms with van der Waals surface area (Å²) in [6.45, 7) is 0.672. The molecule has 2 aromatic carbocycles. The molecule has 1 unspecified atom stereocenters. The second kappa shape index (κ2) is 7.71. The van der Waals surface area contributed by atoms with E-state index in [-0.39, 0.29) is 18.1 Å². The van der Waals surface area contributed by atoms with Crippen molar-refractivity contribution in [3.8, 4) is 28.7 Å². The maximum Gasteiger partial charge on any atom is 0.234 e. The van der Waals surface area contributed by atoms with Gasteiger partial charge in [-0.3, -0.25) is 4.79 Å². The summed E-state index contributed by atoms with van der Waals surface area (Å²) in [6.07, 6.45) is 0. The van der Waals surface area contributed by atoms with Crippen molar-refractivity contribution in [2.45, 2.75) is 11.9 Å². The molecule has 4 rings (SSSR count). The Bertz CT molecular complexity index is 877. The number of benzene rings is 2. The van der Waals surface area contributed by atoms with Gasteiger partial charge in [-0.25, -0.2) is 0 Å². The number of rotatable bonds is 6. The Morgan fingerprint density at radius 1 is 1.04 bits per heavy atom. The van der Waals surface area contributed by atoms with Gasteiger partial charge in [-0.2, -0.15) is 0 Å². The predicted molar refractivity (Wildman–Crippen MR) is 104 cm³/mol. The van der Waals surface area contributed by atoms with Crippen molar-refractivity contribution >= 4 is 17.7 Å². The summed E-state index contributed by atoms with van der Waals surface area (Å²) >= 11 is 1.55. The lowest BCUT2D eigenvalue weighted by molar-refractivity contribution is -0.128.